The number of carbonyl (C=O) groups excluding carboxylic acids is 3. The summed E-state index contributed by atoms with van der Waals surface area (Å²) in [6, 6.07) is 22.8. The van der Waals surface area contributed by atoms with Crippen LogP contribution in [0.3, 0.4) is 0 Å². The van der Waals surface area contributed by atoms with Crippen molar-refractivity contribution in [2.75, 3.05) is 11.5 Å². The van der Waals surface area contributed by atoms with Crippen molar-refractivity contribution >= 4 is 46.2 Å². The average molecular weight is 491 g/mol. The standard InChI is InChI=1S/C26H19ClN2O4S/c27-22-12-10-20(11-13-22)23-17-34-26(28-23)29(14-18-4-2-1-3-5-18)24(31)16-33-25(32)21-8-6-19(15-30)7-9-21/h1-13,15,17H,14,16H2. The van der Waals surface area contributed by atoms with E-state index in [1.54, 1.807) is 12.1 Å². The number of hydrogen-bond donors (Lipinski definition) is 0. The van der Waals surface area contributed by atoms with Gasteiger partial charge in [0.25, 0.3) is 5.91 Å². The number of anilines is 1. The molecular formula is C26H19ClN2O4S. The second kappa shape index (κ2) is 10.9. The molecule has 4 rings (SSSR count). The van der Waals surface area contributed by atoms with Crippen LogP contribution < -0.4 is 4.90 Å². The summed E-state index contributed by atoms with van der Waals surface area (Å²) in [4.78, 5) is 42.4. The minimum atomic E-state index is -0.647. The number of rotatable bonds is 8. The van der Waals surface area contributed by atoms with E-state index in [2.05, 4.69) is 4.98 Å². The SMILES string of the molecule is O=Cc1ccc(C(=O)OCC(=O)N(Cc2ccccc2)c2nc(-c3ccc(Cl)cc3)cs2)cc1. The third kappa shape index (κ3) is 5.75. The summed E-state index contributed by atoms with van der Waals surface area (Å²) in [5, 5.41) is 2.98. The van der Waals surface area contributed by atoms with Gasteiger partial charge in [0.2, 0.25) is 0 Å². The van der Waals surface area contributed by atoms with E-state index in [9.17, 15) is 14.4 Å². The molecule has 0 atom stereocenters. The van der Waals surface area contributed by atoms with E-state index >= 15 is 0 Å². The highest BCUT2D eigenvalue weighted by molar-refractivity contribution is 7.14. The topological polar surface area (TPSA) is 76.6 Å². The van der Waals surface area contributed by atoms with Gasteiger partial charge in [-0.05, 0) is 29.8 Å². The molecule has 1 heterocycles. The summed E-state index contributed by atoms with van der Waals surface area (Å²) in [5.74, 6) is -1.05. The Morgan fingerprint density at radius 2 is 1.68 bits per heavy atom. The molecule has 1 aromatic heterocycles. The summed E-state index contributed by atoms with van der Waals surface area (Å²) in [6.07, 6.45) is 0.687. The number of nitrogens with zero attached hydrogens (tertiary/aromatic N) is 2. The number of ether oxygens (including phenoxy) is 1. The van der Waals surface area contributed by atoms with Crippen molar-refractivity contribution in [2.24, 2.45) is 0 Å². The molecule has 0 bridgehead atoms. The van der Waals surface area contributed by atoms with Gasteiger partial charge < -0.3 is 4.74 Å². The lowest BCUT2D eigenvalue weighted by Gasteiger charge is -2.20. The van der Waals surface area contributed by atoms with Crippen molar-refractivity contribution in [1.82, 2.24) is 4.98 Å². The first-order chi connectivity index (χ1) is 16.5. The van der Waals surface area contributed by atoms with Crippen LogP contribution in [0, 0.1) is 0 Å². The van der Waals surface area contributed by atoms with Crippen molar-refractivity contribution in [2.45, 2.75) is 6.54 Å². The fourth-order valence-corrected chi connectivity index (χ4v) is 4.13. The molecule has 0 aliphatic heterocycles. The van der Waals surface area contributed by atoms with E-state index in [0.717, 1.165) is 16.8 Å². The third-order valence-electron chi connectivity index (χ3n) is 4.96. The molecule has 8 heteroatoms. The highest BCUT2D eigenvalue weighted by atomic mass is 35.5. The molecule has 0 N–H and O–H groups in total. The quantitative estimate of drug-likeness (QED) is 0.235. The smallest absolute Gasteiger partial charge is 0.338 e. The number of amides is 1. The minimum absolute atomic E-state index is 0.257. The van der Waals surface area contributed by atoms with Crippen molar-refractivity contribution in [1.29, 1.82) is 0 Å². The highest BCUT2D eigenvalue weighted by Crippen LogP contribution is 2.29. The molecule has 0 saturated carbocycles. The average Bonchev–Trinajstić information content (AvgIpc) is 3.36. The Hall–Kier alpha value is -3.81. The fraction of sp³-hybridized carbons (Fsp3) is 0.0769. The van der Waals surface area contributed by atoms with E-state index in [-0.39, 0.29) is 12.1 Å². The van der Waals surface area contributed by atoms with Crippen molar-refractivity contribution < 1.29 is 19.1 Å². The van der Waals surface area contributed by atoms with E-state index in [0.29, 0.717) is 22.0 Å². The van der Waals surface area contributed by atoms with Crippen LogP contribution >= 0.6 is 22.9 Å². The number of aromatic nitrogens is 1. The van der Waals surface area contributed by atoms with Crippen LogP contribution in [0.5, 0.6) is 0 Å². The maximum Gasteiger partial charge on any atom is 0.338 e. The molecule has 4 aromatic rings. The maximum absolute atomic E-state index is 13.1. The molecule has 1 amide bonds. The number of esters is 1. The predicted molar refractivity (Wildman–Crippen MR) is 132 cm³/mol. The van der Waals surface area contributed by atoms with E-state index in [1.165, 1.54) is 40.5 Å². The van der Waals surface area contributed by atoms with Crippen LogP contribution in [0.4, 0.5) is 5.13 Å². The van der Waals surface area contributed by atoms with Crippen LogP contribution in [0.25, 0.3) is 11.3 Å². The molecule has 6 nitrogen and oxygen atoms in total. The molecule has 0 saturated heterocycles. The van der Waals surface area contributed by atoms with Gasteiger partial charge in [0.15, 0.2) is 11.7 Å². The lowest BCUT2D eigenvalue weighted by molar-refractivity contribution is -0.121. The first-order valence-corrected chi connectivity index (χ1v) is 11.6. The molecule has 3 aromatic carbocycles. The van der Waals surface area contributed by atoms with Gasteiger partial charge in [0.05, 0.1) is 17.8 Å². The van der Waals surface area contributed by atoms with E-state index in [1.807, 2.05) is 47.8 Å². The second-order valence-electron chi connectivity index (χ2n) is 7.30. The Kier molecular flexibility index (Phi) is 7.47. The Morgan fingerprint density at radius 1 is 0.971 bits per heavy atom. The lowest BCUT2D eigenvalue weighted by Crippen LogP contribution is -2.34. The number of thiazole rings is 1. The molecule has 170 valence electrons. The zero-order valence-corrected chi connectivity index (χ0v) is 19.5. The Morgan fingerprint density at radius 3 is 2.35 bits per heavy atom. The predicted octanol–water partition coefficient (Wildman–Crippen LogP) is 5.67. The molecule has 0 aliphatic carbocycles. The van der Waals surface area contributed by atoms with Gasteiger partial charge in [-0.15, -0.1) is 11.3 Å². The van der Waals surface area contributed by atoms with E-state index in [4.69, 9.17) is 16.3 Å². The second-order valence-corrected chi connectivity index (χ2v) is 8.58. The number of halogens is 1. The normalized spacial score (nSPS) is 10.5. The van der Waals surface area contributed by atoms with Gasteiger partial charge in [0.1, 0.15) is 6.29 Å². The first-order valence-electron chi connectivity index (χ1n) is 10.3. The highest BCUT2D eigenvalue weighted by Gasteiger charge is 2.22. The molecule has 0 spiro atoms. The molecule has 0 radical (unpaired) electrons. The summed E-state index contributed by atoms with van der Waals surface area (Å²) in [7, 11) is 0. The van der Waals surface area contributed by atoms with Gasteiger partial charge in [-0.1, -0.05) is 66.2 Å². The van der Waals surface area contributed by atoms with Gasteiger partial charge in [-0.2, -0.15) is 0 Å². The molecule has 0 aliphatic rings. The Balaban J connectivity index is 1.52. The van der Waals surface area contributed by atoms with Crippen molar-refractivity contribution in [3.63, 3.8) is 0 Å². The summed E-state index contributed by atoms with van der Waals surface area (Å²) < 4.78 is 5.25. The van der Waals surface area contributed by atoms with Crippen LogP contribution in [0.1, 0.15) is 26.3 Å². The number of carbonyl (C=O) groups is 3. The molecule has 0 fully saturated rings. The van der Waals surface area contributed by atoms with Gasteiger partial charge in [-0.3, -0.25) is 14.5 Å². The van der Waals surface area contributed by atoms with E-state index < -0.39 is 18.5 Å². The molecule has 34 heavy (non-hydrogen) atoms. The van der Waals surface area contributed by atoms with Gasteiger partial charge >= 0.3 is 5.97 Å². The number of benzene rings is 3. The summed E-state index contributed by atoms with van der Waals surface area (Å²) in [5.41, 5.74) is 3.21. The number of hydrogen-bond acceptors (Lipinski definition) is 6. The summed E-state index contributed by atoms with van der Waals surface area (Å²) >= 11 is 7.31. The van der Waals surface area contributed by atoms with Crippen molar-refractivity contribution in [3.8, 4) is 11.3 Å². The third-order valence-corrected chi connectivity index (χ3v) is 6.07. The lowest BCUT2D eigenvalue weighted by atomic mass is 10.1. The molecular weight excluding hydrogens is 472 g/mol. The minimum Gasteiger partial charge on any atom is -0.452 e. The fourth-order valence-electron chi connectivity index (χ4n) is 3.16. The van der Waals surface area contributed by atoms with Gasteiger partial charge in [0, 0.05) is 21.5 Å². The zero-order chi connectivity index (χ0) is 23.9. The first kappa shape index (κ1) is 23.4. The van der Waals surface area contributed by atoms with Gasteiger partial charge in [-0.25, -0.2) is 9.78 Å². The van der Waals surface area contributed by atoms with Crippen LogP contribution in [-0.4, -0.2) is 29.8 Å². The van der Waals surface area contributed by atoms with Crippen LogP contribution in [0.2, 0.25) is 5.02 Å². The molecule has 0 unspecified atom stereocenters. The maximum atomic E-state index is 13.1. The Bertz CT molecular complexity index is 1290. The van der Waals surface area contributed by atoms with Crippen LogP contribution in [-0.2, 0) is 16.1 Å². The Labute approximate surface area is 205 Å². The largest absolute Gasteiger partial charge is 0.452 e. The monoisotopic (exact) mass is 490 g/mol. The number of aldehydes is 1. The summed E-state index contributed by atoms with van der Waals surface area (Å²) in [6.45, 7) is -0.171. The van der Waals surface area contributed by atoms with Crippen LogP contribution in [0.15, 0.2) is 84.2 Å². The zero-order valence-electron chi connectivity index (χ0n) is 17.9. The van der Waals surface area contributed by atoms with Crippen molar-refractivity contribution in [3.05, 3.63) is 106 Å².